The Morgan fingerprint density at radius 3 is 2.72 bits per heavy atom. The molecule has 2 aromatic carbocycles. The third kappa shape index (κ3) is 3.80. The minimum Gasteiger partial charge on any atom is -0.371 e. The molecule has 0 aliphatic rings. The molecule has 4 rings (SSSR count). The van der Waals surface area contributed by atoms with Crippen LogP contribution in [0.1, 0.15) is 30.0 Å². The zero-order valence-corrected chi connectivity index (χ0v) is 17.7. The van der Waals surface area contributed by atoms with Crippen LogP contribution in [0.2, 0.25) is 0 Å². The summed E-state index contributed by atoms with van der Waals surface area (Å²) in [6.07, 6.45) is 1.65. The standard InChI is InChI=1S/C25H20N6O/c1-16(29-24-21(27-3)15-28-17(2)30-24)22-14-19-9-7-8-18(12-13-26)23(19)25(32)31(22)20-10-5-4-6-11-20/h4-11,14-16H,12H2,1-2H3,(H,28,29,30)/t16-/m0/s1. The van der Waals surface area contributed by atoms with Crippen molar-refractivity contribution in [3.8, 4) is 11.8 Å². The molecule has 32 heavy (non-hydrogen) atoms. The van der Waals surface area contributed by atoms with Crippen molar-refractivity contribution in [1.82, 2.24) is 14.5 Å². The van der Waals surface area contributed by atoms with Gasteiger partial charge in [0.1, 0.15) is 11.6 Å². The molecule has 7 heteroatoms. The second-order valence-corrected chi connectivity index (χ2v) is 7.39. The molecule has 0 saturated heterocycles. The van der Waals surface area contributed by atoms with Crippen LogP contribution >= 0.6 is 0 Å². The predicted octanol–water partition coefficient (Wildman–Crippen LogP) is 4.88. The van der Waals surface area contributed by atoms with Gasteiger partial charge in [0.15, 0.2) is 0 Å². The highest BCUT2D eigenvalue weighted by atomic mass is 16.1. The number of nitrogens with one attached hydrogen (secondary N) is 1. The molecular weight excluding hydrogens is 400 g/mol. The highest BCUT2D eigenvalue weighted by Crippen LogP contribution is 2.28. The normalized spacial score (nSPS) is 11.5. The van der Waals surface area contributed by atoms with Gasteiger partial charge in [-0.2, -0.15) is 5.26 Å². The quantitative estimate of drug-likeness (QED) is 0.465. The van der Waals surface area contributed by atoms with Crippen LogP contribution in [0.4, 0.5) is 11.5 Å². The van der Waals surface area contributed by atoms with Crippen molar-refractivity contribution >= 4 is 22.3 Å². The Labute approximate surface area is 185 Å². The molecule has 4 aromatic rings. The van der Waals surface area contributed by atoms with Gasteiger partial charge >= 0.3 is 0 Å². The van der Waals surface area contributed by atoms with Crippen molar-refractivity contribution in [2.45, 2.75) is 26.3 Å². The molecular formula is C25H20N6O. The molecule has 2 aromatic heterocycles. The Morgan fingerprint density at radius 2 is 2.00 bits per heavy atom. The molecule has 0 aliphatic carbocycles. The summed E-state index contributed by atoms with van der Waals surface area (Å²) in [5, 5.41) is 13.8. The van der Waals surface area contributed by atoms with Gasteiger partial charge in [0, 0.05) is 17.6 Å². The highest BCUT2D eigenvalue weighted by Gasteiger charge is 2.19. The van der Waals surface area contributed by atoms with Crippen LogP contribution in [-0.4, -0.2) is 14.5 Å². The number of pyridine rings is 1. The van der Waals surface area contributed by atoms with Gasteiger partial charge in [-0.25, -0.2) is 9.83 Å². The summed E-state index contributed by atoms with van der Waals surface area (Å²) in [5.74, 6) is 0.970. The van der Waals surface area contributed by atoms with E-state index in [1.807, 2.05) is 61.5 Å². The number of aromatic nitrogens is 3. The van der Waals surface area contributed by atoms with Crippen molar-refractivity contribution in [3.05, 3.63) is 99.6 Å². The van der Waals surface area contributed by atoms with E-state index in [1.54, 1.807) is 11.5 Å². The van der Waals surface area contributed by atoms with Gasteiger partial charge in [-0.1, -0.05) is 36.4 Å². The summed E-state index contributed by atoms with van der Waals surface area (Å²) >= 11 is 0. The molecule has 0 fully saturated rings. The molecule has 0 spiro atoms. The number of hydrogen-bond donors (Lipinski definition) is 1. The molecule has 0 saturated carbocycles. The number of fused-ring (bicyclic) bond motifs is 1. The molecule has 2 heterocycles. The highest BCUT2D eigenvalue weighted by molar-refractivity contribution is 5.86. The van der Waals surface area contributed by atoms with E-state index in [0.717, 1.165) is 16.8 Å². The lowest BCUT2D eigenvalue weighted by molar-refractivity contribution is 0.772. The Hall–Kier alpha value is -4.49. The average molecular weight is 420 g/mol. The van der Waals surface area contributed by atoms with Crippen molar-refractivity contribution in [1.29, 1.82) is 5.26 Å². The zero-order valence-electron chi connectivity index (χ0n) is 17.7. The number of aryl methyl sites for hydroxylation is 1. The average Bonchev–Trinajstić information content (AvgIpc) is 2.80. The zero-order chi connectivity index (χ0) is 22.7. The third-order valence-corrected chi connectivity index (χ3v) is 5.25. The molecule has 0 amide bonds. The topological polar surface area (TPSA) is 88.0 Å². The van der Waals surface area contributed by atoms with Crippen molar-refractivity contribution in [2.24, 2.45) is 0 Å². The lowest BCUT2D eigenvalue weighted by atomic mass is 10.0. The maximum atomic E-state index is 13.7. The summed E-state index contributed by atoms with van der Waals surface area (Å²) in [6, 6.07) is 18.7. The summed E-state index contributed by atoms with van der Waals surface area (Å²) in [5.41, 5.74) is 2.27. The number of nitriles is 1. The fourth-order valence-electron chi connectivity index (χ4n) is 3.78. The Bertz CT molecular complexity index is 1440. The van der Waals surface area contributed by atoms with Crippen LogP contribution < -0.4 is 10.9 Å². The maximum absolute atomic E-state index is 13.7. The number of para-hydroxylation sites is 1. The van der Waals surface area contributed by atoms with E-state index in [9.17, 15) is 10.1 Å². The van der Waals surface area contributed by atoms with E-state index in [4.69, 9.17) is 6.57 Å². The molecule has 7 nitrogen and oxygen atoms in total. The second-order valence-electron chi connectivity index (χ2n) is 7.39. The fourth-order valence-corrected chi connectivity index (χ4v) is 3.78. The van der Waals surface area contributed by atoms with E-state index in [2.05, 4.69) is 26.2 Å². The van der Waals surface area contributed by atoms with Gasteiger partial charge in [-0.15, -0.1) is 0 Å². The first kappa shape index (κ1) is 20.8. The summed E-state index contributed by atoms with van der Waals surface area (Å²) in [4.78, 5) is 25.7. The molecule has 0 bridgehead atoms. The molecule has 1 atom stereocenters. The van der Waals surface area contributed by atoms with Crippen LogP contribution in [-0.2, 0) is 6.42 Å². The monoisotopic (exact) mass is 420 g/mol. The van der Waals surface area contributed by atoms with Gasteiger partial charge in [0.05, 0.1) is 30.5 Å². The van der Waals surface area contributed by atoms with Crippen LogP contribution in [0, 0.1) is 24.8 Å². The van der Waals surface area contributed by atoms with Crippen molar-refractivity contribution < 1.29 is 0 Å². The smallest absolute Gasteiger partial charge is 0.263 e. The SMILES string of the molecule is [C-]#[N+]c1cnc(C)nc1N[C@@H](C)c1cc2cccc(CC#N)c2c(=O)n1-c1ccccc1. The molecule has 0 aliphatic heterocycles. The van der Waals surface area contributed by atoms with Gasteiger partial charge in [-0.05, 0) is 43.0 Å². The summed E-state index contributed by atoms with van der Waals surface area (Å²) in [6.45, 7) is 11.1. The van der Waals surface area contributed by atoms with Crippen LogP contribution in [0.3, 0.4) is 0 Å². The minimum absolute atomic E-state index is 0.156. The van der Waals surface area contributed by atoms with Crippen LogP contribution in [0.15, 0.2) is 65.6 Å². The lowest BCUT2D eigenvalue weighted by Gasteiger charge is -2.22. The van der Waals surface area contributed by atoms with E-state index in [0.29, 0.717) is 28.3 Å². The first-order valence-electron chi connectivity index (χ1n) is 10.1. The number of hydrogen-bond acceptors (Lipinski definition) is 5. The number of rotatable bonds is 5. The van der Waals surface area contributed by atoms with Crippen LogP contribution in [0.5, 0.6) is 0 Å². The minimum atomic E-state index is -0.346. The first-order valence-corrected chi connectivity index (χ1v) is 10.1. The van der Waals surface area contributed by atoms with Crippen LogP contribution in [0.25, 0.3) is 21.3 Å². The molecule has 1 N–H and O–H groups in total. The maximum Gasteiger partial charge on any atom is 0.263 e. The molecule has 156 valence electrons. The Morgan fingerprint density at radius 1 is 1.22 bits per heavy atom. The second kappa shape index (κ2) is 8.71. The van der Waals surface area contributed by atoms with E-state index in [1.165, 1.54) is 6.20 Å². The van der Waals surface area contributed by atoms with E-state index >= 15 is 0 Å². The largest absolute Gasteiger partial charge is 0.371 e. The van der Waals surface area contributed by atoms with Crippen molar-refractivity contribution in [3.63, 3.8) is 0 Å². The van der Waals surface area contributed by atoms with Gasteiger partial charge in [0.2, 0.25) is 5.69 Å². The molecule has 0 unspecified atom stereocenters. The fraction of sp³-hybridized carbons (Fsp3) is 0.160. The molecule has 0 radical (unpaired) electrons. The number of anilines is 1. The Kier molecular flexibility index (Phi) is 5.65. The third-order valence-electron chi connectivity index (χ3n) is 5.25. The van der Waals surface area contributed by atoms with E-state index < -0.39 is 0 Å². The number of nitrogens with zero attached hydrogens (tertiary/aromatic N) is 5. The lowest BCUT2D eigenvalue weighted by Crippen LogP contribution is -2.26. The van der Waals surface area contributed by atoms with Gasteiger partial charge in [0.25, 0.3) is 5.56 Å². The Balaban J connectivity index is 1.95. The van der Waals surface area contributed by atoms with Crippen molar-refractivity contribution in [2.75, 3.05) is 5.32 Å². The summed E-state index contributed by atoms with van der Waals surface area (Å²) in [7, 11) is 0. The van der Waals surface area contributed by atoms with Gasteiger partial charge < -0.3 is 5.32 Å². The van der Waals surface area contributed by atoms with E-state index in [-0.39, 0.29) is 18.0 Å². The predicted molar refractivity (Wildman–Crippen MR) is 124 cm³/mol. The number of benzene rings is 2. The first-order chi connectivity index (χ1) is 15.5. The summed E-state index contributed by atoms with van der Waals surface area (Å²) < 4.78 is 1.66. The van der Waals surface area contributed by atoms with Gasteiger partial charge in [-0.3, -0.25) is 14.3 Å².